The second kappa shape index (κ2) is 5.79. The summed E-state index contributed by atoms with van der Waals surface area (Å²) >= 11 is 3.79. The van der Waals surface area contributed by atoms with E-state index in [1.807, 2.05) is 23.1 Å². The van der Waals surface area contributed by atoms with Gasteiger partial charge in [-0.05, 0) is 23.1 Å². The minimum absolute atomic E-state index is 0.279. The van der Waals surface area contributed by atoms with E-state index in [4.69, 9.17) is 5.73 Å². The Hall–Kier alpha value is 0.01000. The molecule has 0 saturated heterocycles. The topological polar surface area (TPSA) is 26.0 Å². The number of nitrogens with two attached hydrogens (primary N) is 1. The van der Waals surface area contributed by atoms with Crippen LogP contribution in [-0.4, -0.2) is 11.3 Å². The van der Waals surface area contributed by atoms with E-state index < -0.39 is 0 Å². The number of hydrogen-bond acceptors (Lipinski definition) is 3. The van der Waals surface area contributed by atoms with Crippen LogP contribution in [0.2, 0.25) is 0 Å². The third kappa shape index (κ3) is 3.30. The van der Waals surface area contributed by atoms with Gasteiger partial charge in [-0.25, -0.2) is 0 Å². The second-order valence-electron chi connectivity index (χ2n) is 3.69. The highest BCUT2D eigenvalue weighted by Gasteiger charge is 2.20. The third-order valence-electron chi connectivity index (χ3n) is 2.10. The summed E-state index contributed by atoms with van der Waals surface area (Å²) in [5, 5.41) is 3.24. The maximum atomic E-state index is 6.14. The summed E-state index contributed by atoms with van der Waals surface area (Å²) in [5.41, 5.74) is 6.14. The Bertz CT molecular complexity index is 244. The van der Waals surface area contributed by atoms with E-state index in [-0.39, 0.29) is 6.04 Å². The monoisotopic (exact) mass is 229 g/mol. The van der Waals surface area contributed by atoms with Gasteiger partial charge in [0, 0.05) is 10.9 Å². The van der Waals surface area contributed by atoms with Crippen LogP contribution in [0.15, 0.2) is 17.5 Å². The molecule has 14 heavy (non-hydrogen) atoms. The molecular formula is C11H19NS2. The molecule has 2 atom stereocenters. The van der Waals surface area contributed by atoms with Crippen molar-refractivity contribution in [3.63, 3.8) is 0 Å². The van der Waals surface area contributed by atoms with Gasteiger partial charge in [-0.3, -0.25) is 0 Å². The fourth-order valence-electron chi connectivity index (χ4n) is 1.34. The quantitative estimate of drug-likeness (QED) is 0.833. The molecule has 0 aliphatic rings. The summed E-state index contributed by atoms with van der Waals surface area (Å²) in [6.07, 6.45) is 1.04. The normalized spacial score (nSPS) is 15.8. The molecule has 0 bridgehead atoms. The molecule has 0 aromatic carbocycles. The standard InChI is InChI=1S/C11H19NS2/c1-4-9(12)11(14-8(2)3)10-6-5-7-13-10/h5-9,11H,4,12H2,1-3H3. The fraction of sp³-hybridized carbons (Fsp3) is 0.636. The van der Waals surface area contributed by atoms with Crippen LogP contribution in [0.4, 0.5) is 0 Å². The Morgan fingerprint density at radius 3 is 2.64 bits per heavy atom. The predicted molar refractivity (Wildman–Crippen MR) is 68.1 cm³/mol. The Kier molecular flexibility index (Phi) is 4.99. The Balaban J connectivity index is 2.72. The van der Waals surface area contributed by atoms with E-state index in [9.17, 15) is 0 Å². The van der Waals surface area contributed by atoms with Crippen molar-refractivity contribution in [3.05, 3.63) is 22.4 Å². The van der Waals surface area contributed by atoms with Crippen LogP contribution in [-0.2, 0) is 0 Å². The van der Waals surface area contributed by atoms with Gasteiger partial charge in [0.25, 0.3) is 0 Å². The van der Waals surface area contributed by atoms with Gasteiger partial charge in [-0.15, -0.1) is 23.1 Å². The van der Waals surface area contributed by atoms with Crippen LogP contribution in [0.5, 0.6) is 0 Å². The SMILES string of the molecule is CCC(N)C(SC(C)C)c1cccs1. The average Bonchev–Trinajstić information content (AvgIpc) is 2.65. The second-order valence-corrected chi connectivity index (χ2v) is 6.40. The van der Waals surface area contributed by atoms with Gasteiger partial charge in [-0.1, -0.05) is 26.8 Å². The largest absolute Gasteiger partial charge is 0.326 e. The summed E-state index contributed by atoms with van der Waals surface area (Å²) < 4.78 is 0. The maximum absolute atomic E-state index is 6.14. The average molecular weight is 229 g/mol. The highest BCUT2D eigenvalue weighted by molar-refractivity contribution is 8.00. The molecule has 0 aliphatic heterocycles. The lowest BCUT2D eigenvalue weighted by Gasteiger charge is -2.23. The Morgan fingerprint density at radius 2 is 2.21 bits per heavy atom. The molecule has 0 fully saturated rings. The number of hydrogen-bond donors (Lipinski definition) is 1. The van der Waals surface area contributed by atoms with Gasteiger partial charge in [0.2, 0.25) is 0 Å². The molecule has 0 saturated carbocycles. The van der Waals surface area contributed by atoms with Gasteiger partial charge >= 0.3 is 0 Å². The Labute approximate surface area is 95.1 Å². The summed E-state index contributed by atoms with van der Waals surface area (Å²) in [7, 11) is 0. The first-order chi connectivity index (χ1) is 6.65. The predicted octanol–water partition coefficient (Wildman–Crippen LogP) is 3.67. The molecule has 1 heterocycles. The molecule has 80 valence electrons. The Morgan fingerprint density at radius 1 is 1.50 bits per heavy atom. The molecule has 0 spiro atoms. The molecular weight excluding hydrogens is 210 g/mol. The van der Waals surface area contributed by atoms with Crippen molar-refractivity contribution in [3.8, 4) is 0 Å². The molecule has 1 nitrogen and oxygen atoms in total. The molecule has 1 aromatic rings. The lowest BCUT2D eigenvalue weighted by molar-refractivity contribution is 0.638. The van der Waals surface area contributed by atoms with Gasteiger partial charge in [-0.2, -0.15) is 0 Å². The van der Waals surface area contributed by atoms with Crippen LogP contribution in [0, 0.1) is 0 Å². The van der Waals surface area contributed by atoms with Crippen LogP contribution < -0.4 is 5.73 Å². The lowest BCUT2D eigenvalue weighted by Crippen LogP contribution is -2.26. The molecule has 3 heteroatoms. The minimum Gasteiger partial charge on any atom is -0.326 e. The van der Waals surface area contributed by atoms with Crippen molar-refractivity contribution in [2.24, 2.45) is 5.73 Å². The van der Waals surface area contributed by atoms with Crippen LogP contribution in [0.25, 0.3) is 0 Å². The summed E-state index contributed by atoms with van der Waals surface area (Å²) in [4.78, 5) is 1.41. The zero-order valence-corrected chi connectivity index (χ0v) is 10.7. The molecule has 0 amide bonds. The fourth-order valence-corrected chi connectivity index (χ4v) is 3.65. The number of thiophene rings is 1. The van der Waals surface area contributed by atoms with Gasteiger partial charge in [0.05, 0.1) is 5.25 Å². The van der Waals surface area contributed by atoms with Crippen molar-refractivity contribution in [2.75, 3.05) is 0 Å². The first kappa shape index (κ1) is 12.1. The van der Waals surface area contributed by atoms with Gasteiger partial charge in [0.15, 0.2) is 0 Å². The van der Waals surface area contributed by atoms with Crippen LogP contribution in [0.3, 0.4) is 0 Å². The first-order valence-corrected chi connectivity index (χ1v) is 6.91. The highest BCUT2D eigenvalue weighted by Crippen LogP contribution is 2.37. The third-order valence-corrected chi connectivity index (χ3v) is 4.65. The van der Waals surface area contributed by atoms with Crippen molar-refractivity contribution >= 4 is 23.1 Å². The van der Waals surface area contributed by atoms with E-state index in [0.29, 0.717) is 10.5 Å². The van der Waals surface area contributed by atoms with E-state index in [0.717, 1.165) is 6.42 Å². The van der Waals surface area contributed by atoms with Crippen molar-refractivity contribution in [2.45, 2.75) is 43.7 Å². The van der Waals surface area contributed by atoms with Crippen LogP contribution >= 0.6 is 23.1 Å². The number of rotatable bonds is 5. The molecule has 1 rings (SSSR count). The van der Waals surface area contributed by atoms with Crippen molar-refractivity contribution in [1.82, 2.24) is 0 Å². The van der Waals surface area contributed by atoms with E-state index in [1.54, 1.807) is 0 Å². The van der Waals surface area contributed by atoms with E-state index in [2.05, 4.69) is 38.3 Å². The summed E-state index contributed by atoms with van der Waals surface area (Å²) in [6.45, 7) is 6.62. The summed E-state index contributed by atoms with van der Waals surface area (Å²) in [6, 6.07) is 4.58. The molecule has 2 N–H and O–H groups in total. The van der Waals surface area contributed by atoms with Crippen molar-refractivity contribution in [1.29, 1.82) is 0 Å². The zero-order valence-electron chi connectivity index (χ0n) is 9.07. The smallest absolute Gasteiger partial charge is 0.0544 e. The van der Waals surface area contributed by atoms with Crippen molar-refractivity contribution < 1.29 is 0 Å². The van der Waals surface area contributed by atoms with E-state index >= 15 is 0 Å². The highest BCUT2D eigenvalue weighted by atomic mass is 32.2. The van der Waals surface area contributed by atoms with Crippen LogP contribution in [0.1, 0.15) is 37.3 Å². The molecule has 0 aliphatic carbocycles. The molecule has 0 radical (unpaired) electrons. The van der Waals surface area contributed by atoms with E-state index in [1.165, 1.54) is 4.88 Å². The first-order valence-electron chi connectivity index (χ1n) is 5.09. The molecule has 1 aromatic heterocycles. The van der Waals surface area contributed by atoms with Gasteiger partial charge < -0.3 is 5.73 Å². The number of thioether (sulfide) groups is 1. The molecule has 2 unspecified atom stereocenters. The summed E-state index contributed by atoms with van der Waals surface area (Å²) in [5.74, 6) is 0. The lowest BCUT2D eigenvalue weighted by atomic mass is 10.1. The van der Waals surface area contributed by atoms with Gasteiger partial charge in [0.1, 0.15) is 0 Å². The zero-order chi connectivity index (χ0) is 10.6. The maximum Gasteiger partial charge on any atom is 0.0544 e. The minimum atomic E-state index is 0.279.